The number of ether oxygens (including phenoxy) is 8. The normalized spacial score (nSPS) is 16.6. The molecule has 43 heavy (non-hydrogen) atoms. The summed E-state index contributed by atoms with van der Waals surface area (Å²) < 4.78 is 46.2. The van der Waals surface area contributed by atoms with Crippen LogP contribution >= 0.6 is 0 Å². The molecule has 0 aliphatic rings. The number of carbonyl (C=O) groups excluding carboxylic acids is 1. The average molecular weight is 613 g/mol. The van der Waals surface area contributed by atoms with E-state index in [1.54, 1.807) is 24.3 Å². The van der Waals surface area contributed by atoms with Crippen LogP contribution in [0.3, 0.4) is 0 Å². The maximum Gasteiger partial charge on any atom is 0.338 e. The van der Waals surface area contributed by atoms with Gasteiger partial charge in [-0.25, -0.2) is 4.79 Å². The molecule has 9 heteroatoms. The zero-order chi connectivity index (χ0) is 32.0. The van der Waals surface area contributed by atoms with Crippen LogP contribution in [-0.2, 0) is 33.2 Å². The maximum absolute atomic E-state index is 12.5. The first-order valence-corrected chi connectivity index (χ1v) is 16.2. The van der Waals surface area contributed by atoms with E-state index in [-0.39, 0.29) is 49.3 Å². The van der Waals surface area contributed by atoms with Crippen LogP contribution in [-0.4, -0.2) is 94.9 Å². The largest absolute Gasteiger partial charge is 0.488 e. The lowest BCUT2D eigenvalue weighted by Gasteiger charge is -2.21. The summed E-state index contributed by atoms with van der Waals surface area (Å²) in [6, 6.07) is 6.90. The van der Waals surface area contributed by atoms with E-state index in [4.69, 9.17) is 37.9 Å². The molecule has 1 aromatic carbocycles. The zero-order valence-electron chi connectivity index (χ0n) is 28.3. The molecular formula is C34H60O9. The first kappa shape index (κ1) is 39.3. The van der Waals surface area contributed by atoms with Gasteiger partial charge in [-0.2, -0.15) is 0 Å². The van der Waals surface area contributed by atoms with Crippen LogP contribution in [0.5, 0.6) is 5.75 Å². The van der Waals surface area contributed by atoms with Crippen LogP contribution in [0, 0.1) is 0 Å². The van der Waals surface area contributed by atoms with Crippen molar-refractivity contribution in [1.82, 2.24) is 0 Å². The average Bonchev–Trinajstić information content (AvgIpc) is 2.99. The van der Waals surface area contributed by atoms with Crippen LogP contribution < -0.4 is 4.74 Å². The van der Waals surface area contributed by atoms with Gasteiger partial charge in [0.1, 0.15) is 18.5 Å². The molecule has 1 rings (SSSR count). The Kier molecular flexibility index (Phi) is 21.6. The summed E-state index contributed by atoms with van der Waals surface area (Å²) in [4.78, 5) is 12.5. The molecule has 0 aliphatic carbocycles. The van der Waals surface area contributed by atoms with Gasteiger partial charge in [-0.05, 0) is 85.6 Å². The Morgan fingerprint density at radius 2 is 1.00 bits per heavy atom. The second-order valence-electron chi connectivity index (χ2n) is 11.6. The molecule has 7 atom stereocenters. The van der Waals surface area contributed by atoms with Gasteiger partial charge in [-0.1, -0.05) is 26.7 Å². The van der Waals surface area contributed by atoms with Gasteiger partial charge in [-0.3, -0.25) is 0 Å². The molecule has 0 saturated carbocycles. The second kappa shape index (κ2) is 23.6. The SMILES string of the molecule is CCCCOC(C)COC(C)COC(C)COC(=O)c1ccc(OC(C)COC(C)COC(C)COC(C)CCC)cc1. The first-order chi connectivity index (χ1) is 20.5. The molecule has 1 aromatic rings. The highest BCUT2D eigenvalue weighted by Crippen LogP contribution is 2.15. The monoisotopic (exact) mass is 612 g/mol. The third-order valence-electron chi connectivity index (χ3n) is 6.55. The molecule has 0 N–H and O–H groups in total. The number of carbonyl (C=O) groups is 1. The summed E-state index contributed by atoms with van der Waals surface area (Å²) in [5.41, 5.74) is 0.449. The van der Waals surface area contributed by atoms with Gasteiger partial charge in [0, 0.05) is 6.61 Å². The van der Waals surface area contributed by atoms with E-state index < -0.39 is 5.97 Å². The molecule has 0 aliphatic heterocycles. The Morgan fingerprint density at radius 3 is 1.49 bits per heavy atom. The van der Waals surface area contributed by atoms with E-state index in [2.05, 4.69) is 20.8 Å². The predicted molar refractivity (Wildman–Crippen MR) is 169 cm³/mol. The molecular weight excluding hydrogens is 552 g/mol. The van der Waals surface area contributed by atoms with Gasteiger partial charge in [0.05, 0.1) is 75.2 Å². The van der Waals surface area contributed by atoms with Gasteiger partial charge >= 0.3 is 5.97 Å². The Morgan fingerprint density at radius 1 is 0.558 bits per heavy atom. The molecule has 0 bridgehead atoms. The second-order valence-corrected chi connectivity index (χ2v) is 11.6. The lowest BCUT2D eigenvalue weighted by Crippen LogP contribution is -2.28. The molecule has 0 spiro atoms. The molecule has 250 valence electrons. The number of rotatable bonds is 26. The summed E-state index contributed by atoms with van der Waals surface area (Å²) >= 11 is 0. The highest BCUT2D eigenvalue weighted by atomic mass is 16.6. The lowest BCUT2D eigenvalue weighted by atomic mass is 10.2. The van der Waals surface area contributed by atoms with E-state index in [0.717, 1.165) is 32.3 Å². The fraction of sp³-hybridized carbons (Fsp3) is 0.794. The van der Waals surface area contributed by atoms with Crippen molar-refractivity contribution in [3.8, 4) is 5.75 Å². The number of unbranched alkanes of at least 4 members (excludes halogenated alkanes) is 1. The van der Waals surface area contributed by atoms with Crippen LogP contribution in [0.1, 0.15) is 98.4 Å². The van der Waals surface area contributed by atoms with Crippen molar-refractivity contribution in [1.29, 1.82) is 0 Å². The minimum atomic E-state index is -0.408. The number of benzene rings is 1. The van der Waals surface area contributed by atoms with E-state index in [1.165, 1.54) is 0 Å². The van der Waals surface area contributed by atoms with E-state index in [9.17, 15) is 4.79 Å². The lowest BCUT2D eigenvalue weighted by molar-refractivity contribution is -0.0767. The fourth-order valence-electron chi connectivity index (χ4n) is 3.87. The summed E-state index contributed by atoms with van der Waals surface area (Å²) in [5, 5.41) is 0. The van der Waals surface area contributed by atoms with Crippen molar-refractivity contribution in [2.75, 3.05) is 46.2 Å². The van der Waals surface area contributed by atoms with E-state index >= 15 is 0 Å². The summed E-state index contributed by atoms with van der Waals surface area (Å²) in [5.74, 6) is 0.244. The predicted octanol–water partition coefficient (Wildman–Crippen LogP) is 6.64. The van der Waals surface area contributed by atoms with Crippen LogP contribution in [0.15, 0.2) is 24.3 Å². The van der Waals surface area contributed by atoms with Gasteiger partial charge in [0.25, 0.3) is 0 Å². The van der Waals surface area contributed by atoms with Crippen molar-refractivity contribution in [3.05, 3.63) is 29.8 Å². The van der Waals surface area contributed by atoms with Crippen molar-refractivity contribution in [2.45, 2.75) is 131 Å². The Labute approximate surface area is 261 Å². The van der Waals surface area contributed by atoms with Crippen molar-refractivity contribution < 1.29 is 42.7 Å². The molecule has 0 radical (unpaired) electrons. The Balaban J connectivity index is 2.25. The van der Waals surface area contributed by atoms with E-state index in [0.29, 0.717) is 44.3 Å². The molecule has 0 heterocycles. The fourth-order valence-corrected chi connectivity index (χ4v) is 3.87. The number of hydrogen-bond acceptors (Lipinski definition) is 9. The van der Waals surface area contributed by atoms with Crippen LogP contribution in [0.2, 0.25) is 0 Å². The molecule has 0 saturated heterocycles. The standard InChI is InChI=1S/C34H60O9/c1-10-12-18-36-26(4)19-38-28(6)21-40-30(8)23-42-34(35)32-14-16-33(17-15-32)43-31(9)24-41-29(7)22-39-27(5)20-37-25(3)13-11-2/h14-17,25-31H,10-13,18-24H2,1-9H3. The highest BCUT2D eigenvalue weighted by Gasteiger charge is 2.15. The van der Waals surface area contributed by atoms with Crippen LogP contribution in [0.25, 0.3) is 0 Å². The summed E-state index contributed by atoms with van der Waals surface area (Å²) in [6.45, 7) is 21.5. The first-order valence-electron chi connectivity index (χ1n) is 16.2. The van der Waals surface area contributed by atoms with Gasteiger partial charge in [0.2, 0.25) is 0 Å². The minimum absolute atomic E-state index is 0.0120. The smallest absolute Gasteiger partial charge is 0.338 e. The topological polar surface area (TPSA) is 90.9 Å². The molecule has 0 aromatic heterocycles. The van der Waals surface area contributed by atoms with Gasteiger partial charge < -0.3 is 37.9 Å². The highest BCUT2D eigenvalue weighted by molar-refractivity contribution is 5.89. The number of esters is 1. The van der Waals surface area contributed by atoms with Gasteiger partial charge in [0.15, 0.2) is 0 Å². The van der Waals surface area contributed by atoms with Crippen LogP contribution in [0.4, 0.5) is 0 Å². The van der Waals surface area contributed by atoms with E-state index in [1.807, 2.05) is 41.5 Å². The van der Waals surface area contributed by atoms with Crippen molar-refractivity contribution in [3.63, 3.8) is 0 Å². The minimum Gasteiger partial charge on any atom is -0.488 e. The molecule has 0 amide bonds. The molecule has 7 unspecified atom stereocenters. The Hall–Kier alpha value is -1.75. The summed E-state index contributed by atoms with van der Waals surface area (Å²) in [6.07, 6.45) is 4.07. The molecule has 9 nitrogen and oxygen atoms in total. The maximum atomic E-state index is 12.5. The van der Waals surface area contributed by atoms with Crippen molar-refractivity contribution in [2.24, 2.45) is 0 Å². The third-order valence-corrected chi connectivity index (χ3v) is 6.55. The number of hydrogen-bond donors (Lipinski definition) is 0. The quantitative estimate of drug-likeness (QED) is 0.0843. The third kappa shape index (κ3) is 20.0. The molecule has 0 fully saturated rings. The zero-order valence-corrected chi connectivity index (χ0v) is 28.3. The Bertz CT molecular complexity index is 819. The van der Waals surface area contributed by atoms with Crippen molar-refractivity contribution >= 4 is 5.97 Å². The van der Waals surface area contributed by atoms with Gasteiger partial charge in [-0.15, -0.1) is 0 Å². The summed E-state index contributed by atoms with van der Waals surface area (Å²) in [7, 11) is 0.